The van der Waals surface area contributed by atoms with Gasteiger partial charge in [-0.15, -0.1) is 0 Å². The van der Waals surface area contributed by atoms with Gasteiger partial charge in [0.15, 0.2) is 12.2 Å². The molecule has 17 nitrogen and oxygen atoms in total. The highest BCUT2D eigenvalue weighted by atomic mass is 31.2. The van der Waals surface area contributed by atoms with Crippen molar-refractivity contribution in [2.75, 3.05) is 39.6 Å². The number of aliphatic hydroxyl groups is 1. The Bertz CT molecular complexity index is 1790. The highest BCUT2D eigenvalue weighted by Crippen LogP contribution is 2.45. The van der Waals surface area contributed by atoms with Gasteiger partial charge in [-0.3, -0.25) is 37.3 Å². The molecule has 0 aliphatic heterocycles. The second-order valence-electron chi connectivity index (χ2n) is 27.2. The zero-order chi connectivity index (χ0) is 67.3. The van der Waals surface area contributed by atoms with Crippen LogP contribution in [-0.4, -0.2) is 96.7 Å². The van der Waals surface area contributed by atoms with Crippen molar-refractivity contribution < 1.29 is 80.2 Å². The number of aliphatic hydroxyl groups excluding tert-OH is 1. The van der Waals surface area contributed by atoms with Crippen LogP contribution in [0.1, 0.15) is 363 Å². The smallest absolute Gasteiger partial charge is 0.462 e. The fraction of sp³-hybridized carbons (Fsp3) is 0.944. The summed E-state index contributed by atoms with van der Waals surface area (Å²) in [5, 5.41) is 10.6. The lowest BCUT2D eigenvalue weighted by molar-refractivity contribution is -0.161. The van der Waals surface area contributed by atoms with E-state index in [1.807, 2.05) is 0 Å². The molecule has 0 aromatic carbocycles. The fourth-order valence-corrected chi connectivity index (χ4v) is 12.4. The molecule has 0 amide bonds. The zero-order valence-corrected chi connectivity index (χ0v) is 61.1. The number of rotatable bonds is 70. The molecule has 540 valence electrons. The first-order chi connectivity index (χ1) is 43.8. The molecule has 0 radical (unpaired) electrons. The van der Waals surface area contributed by atoms with Crippen LogP contribution in [0.4, 0.5) is 0 Å². The summed E-state index contributed by atoms with van der Waals surface area (Å²) >= 11 is 0. The summed E-state index contributed by atoms with van der Waals surface area (Å²) in [6, 6.07) is 0. The van der Waals surface area contributed by atoms with E-state index >= 15 is 0 Å². The Morgan fingerprint density at radius 2 is 0.560 bits per heavy atom. The van der Waals surface area contributed by atoms with Gasteiger partial charge in [0.2, 0.25) is 0 Å². The van der Waals surface area contributed by atoms with Crippen molar-refractivity contribution in [1.82, 2.24) is 0 Å². The zero-order valence-electron chi connectivity index (χ0n) is 59.3. The number of esters is 4. The summed E-state index contributed by atoms with van der Waals surface area (Å²) in [6.45, 7) is 11.8. The largest absolute Gasteiger partial charge is 0.472 e. The standard InChI is InChI=1S/C72H140O17P2/c1-8-10-11-12-13-14-15-16-17-20-27-32-41-48-55-71(76)89-68(60-83-70(75)54-47-40-35-34-37-44-51-64(5)6)62-87-91(80,81)85-58-66(73)57-84-90(78,79)86-61-67(88-72(77)56-49-42-33-28-21-18-19-24-29-36-43-50-63(3)4)59-82-69(74)53-46-39-31-26-23-22-25-30-38-45-52-65(7)9-2/h63-68,73H,8-62H2,1-7H3,(H,78,79)(H,80,81)/t65?,66-,67-,68-/m1/s1. The molecule has 6 atom stereocenters. The van der Waals surface area contributed by atoms with Crippen LogP contribution < -0.4 is 0 Å². The number of phosphoric acid groups is 2. The van der Waals surface area contributed by atoms with Gasteiger partial charge in [0.25, 0.3) is 0 Å². The molecule has 0 spiro atoms. The number of carbonyl (C=O) groups excluding carboxylic acids is 4. The maximum absolute atomic E-state index is 13.0. The van der Waals surface area contributed by atoms with Crippen molar-refractivity contribution >= 4 is 39.5 Å². The molecule has 0 bridgehead atoms. The first kappa shape index (κ1) is 89.1. The summed E-state index contributed by atoms with van der Waals surface area (Å²) in [5.74, 6) is 0.130. The Morgan fingerprint density at radius 1 is 0.319 bits per heavy atom. The number of hydrogen-bond donors (Lipinski definition) is 3. The van der Waals surface area contributed by atoms with Crippen LogP contribution in [0.15, 0.2) is 0 Å². The number of hydrogen-bond acceptors (Lipinski definition) is 15. The average Bonchev–Trinajstić information content (AvgIpc) is 3.23. The Kier molecular flexibility index (Phi) is 61.5. The lowest BCUT2D eigenvalue weighted by Gasteiger charge is -2.21. The van der Waals surface area contributed by atoms with E-state index in [1.54, 1.807) is 0 Å². The van der Waals surface area contributed by atoms with Gasteiger partial charge in [-0.1, -0.05) is 312 Å². The van der Waals surface area contributed by atoms with E-state index in [0.29, 0.717) is 31.6 Å². The van der Waals surface area contributed by atoms with E-state index in [4.69, 9.17) is 37.0 Å². The van der Waals surface area contributed by atoms with Crippen LogP contribution in [0.5, 0.6) is 0 Å². The van der Waals surface area contributed by atoms with Crippen LogP contribution in [-0.2, 0) is 65.4 Å². The van der Waals surface area contributed by atoms with Crippen molar-refractivity contribution in [2.24, 2.45) is 17.8 Å². The number of ether oxygens (including phenoxy) is 4. The molecule has 0 aromatic heterocycles. The fourth-order valence-electron chi connectivity index (χ4n) is 10.9. The highest BCUT2D eigenvalue weighted by Gasteiger charge is 2.30. The van der Waals surface area contributed by atoms with E-state index < -0.39 is 97.5 Å². The van der Waals surface area contributed by atoms with E-state index in [0.717, 1.165) is 108 Å². The normalized spacial score (nSPS) is 14.5. The van der Waals surface area contributed by atoms with E-state index in [9.17, 15) is 43.2 Å². The first-order valence-electron chi connectivity index (χ1n) is 37.4. The van der Waals surface area contributed by atoms with E-state index in [1.165, 1.54) is 167 Å². The third-order valence-electron chi connectivity index (χ3n) is 17.0. The Hall–Kier alpha value is -1.94. The minimum Gasteiger partial charge on any atom is -0.462 e. The highest BCUT2D eigenvalue weighted by molar-refractivity contribution is 7.47. The lowest BCUT2D eigenvalue weighted by Crippen LogP contribution is -2.30. The topological polar surface area (TPSA) is 237 Å². The Balaban J connectivity index is 5.25. The summed E-state index contributed by atoms with van der Waals surface area (Å²) in [7, 11) is -9.90. The van der Waals surface area contributed by atoms with Crippen LogP contribution >= 0.6 is 15.6 Å². The monoisotopic (exact) mass is 1340 g/mol. The third-order valence-corrected chi connectivity index (χ3v) is 18.9. The quantitative estimate of drug-likeness (QED) is 0.0222. The van der Waals surface area contributed by atoms with Crippen molar-refractivity contribution in [3.05, 3.63) is 0 Å². The molecule has 91 heavy (non-hydrogen) atoms. The molecule has 0 heterocycles. The van der Waals surface area contributed by atoms with Gasteiger partial charge in [0.1, 0.15) is 19.3 Å². The van der Waals surface area contributed by atoms with Gasteiger partial charge >= 0.3 is 39.5 Å². The molecule has 3 N–H and O–H groups in total. The summed E-state index contributed by atoms with van der Waals surface area (Å²) in [4.78, 5) is 72.6. The van der Waals surface area contributed by atoms with Crippen molar-refractivity contribution in [3.63, 3.8) is 0 Å². The SMILES string of the molecule is CCCCCCCCCCCCCCCCC(=O)O[C@H](COC(=O)CCCCCCCCC(C)C)COP(=O)(O)OC[C@H](O)COP(=O)(O)OC[C@@H](COC(=O)CCCCCCCCCCCCC(C)CC)OC(=O)CCCCCCCCCCCCCC(C)C. The molecule has 0 fully saturated rings. The molecule has 0 aliphatic carbocycles. The summed E-state index contributed by atoms with van der Waals surface area (Å²) in [5.41, 5.74) is 0. The molecular formula is C72H140O17P2. The maximum atomic E-state index is 13.0. The predicted molar refractivity (Wildman–Crippen MR) is 368 cm³/mol. The molecule has 0 aliphatic rings. The van der Waals surface area contributed by atoms with Crippen molar-refractivity contribution in [3.8, 4) is 0 Å². The van der Waals surface area contributed by atoms with E-state index in [2.05, 4.69) is 48.5 Å². The molecule has 0 aromatic rings. The van der Waals surface area contributed by atoms with Crippen molar-refractivity contribution in [2.45, 2.75) is 381 Å². The van der Waals surface area contributed by atoms with Gasteiger partial charge in [-0.25, -0.2) is 9.13 Å². The van der Waals surface area contributed by atoms with Crippen LogP contribution in [0.25, 0.3) is 0 Å². The Morgan fingerprint density at radius 3 is 0.835 bits per heavy atom. The average molecular weight is 1340 g/mol. The Labute approximate surface area is 556 Å². The van der Waals surface area contributed by atoms with E-state index in [-0.39, 0.29) is 25.7 Å². The number of unbranched alkanes of at least 4 members (excludes halogenated alkanes) is 37. The molecule has 19 heteroatoms. The molecule has 0 rings (SSSR count). The maximum Gasteiger partial charge on any atom is 0.472 e. The number of phosphoric ester groups is 2. The summed E-state index contributed by atoms with van der Waals surface area (Å²) in [6.07, 6.45) is 47.2. The molecular weight excluding hydrogens is 1200 g/mol. The van der Waals surface area contributed by atoms with Gasteiger partial charge in [0.05, 0.1) is 26.4 Å². The minimum atomic E-state index is -4.95. The third kappa shape index (κ3) is 65.1. The second kappa shape index (κ2) is 62.8. The second-order valence-corrected chi connectivity index (χ2v) is 30.1. The molecule has 0 saturated heterocycles. The molecule has 0 saturated carbocycles. The van der Waals surface area contributed by atoms with Gasteiger partial charge < -0.3 is 33.8 Å². The molecule has 3 unspecified atom stereocenters. The van der Waals surface area contributed by atoms with Crippen LogP contribution in [0.3, 0.4) is 0 Å². The van der Waals surface area contributed by atoms with Gasteiger partial charge in [-0.2, -0.15) is 0 Å². The number of carbonyl (C=O) groups is 4. The summed E-state index contributed by atoms with van der Waals surface area (Å²) < 4.78 is 68.4. The van der Waals surface area contributed by atoms with Crippen LogP contribution in [0.2, 0.25) is 0 Å². The first-order valence-corrected chi connectivity index (χ1v) is 40.4. The van der Waals surface area contributed by atoms with Gasteiger partial charge in [-0.05, 0) is 43.4 Å². The van der Waals surface area contributed by atoms with Crippen molar-refractivity contribution in [1.29, 1.82) is 0 Å². The minimum absolute atomic E-state index is 0.106. The van der Waals surface area contributed by atoms with Crippen LogP contribution in [0, 0.1) is 17.8 Å². The predicted octanol–water partition coefficient (Wildman–Crippen LogP) is 20.6. The van der Waals surface area contributed by atoms with Gasteiger partial charge in [0, 0.05) is 25.7 Å². The lowest BCUT2D eigenvalue weighted by atomic mass is 9.99.